The molecule has 0 aliphatic carbocycles. The molecule has 0 saturated carbocycles. The molecule has 78 valence electrons. The Bertz CT molecular complexity index is 488. The summed E-state index contributed by atoms with van der Waals surface area (Å²) >= 11 is 0. The smallest absolute Gasteiger partial charge is 0.177 e. The van der Waals surface area contributed by atoms with Crippen molar-refractivity contribution in [2.75, 3.05) is 6.61 Å². The van der Waals surface area contributed by atoms with Crippen LogP contribution in [0.5, 0.6) is 0 Å². The highest BCUT2D eigenvalue weighted by atomic mass is 16.5. The average molecular weight is 203 g/mol. The van der Waals surface area contributed by atoms with E-state index in [9.17, 15) is 0 Å². The summed E-state index contributed by atoms with van der Waals surface area (Å²) in [4.78, 5) is 8.66. The molecule has 2 aromatic heterocycles. The Labute approximate surface area is 87.9 Å². The van der Waals surface area contributed by atoms with Gasteiger partial charge in [-0.25, -0.2) is 9.97 Å². The Morgan fingerprint density at radius 2 is 2.47 bits per heavy atom. The van der Waals surface area contributed by atoms with E-state index in [0.717, 1.165) is 36.6 Å². The van der Waals surface area contributed by atoms with Crippen LogP contribution in [-0.4, -0.2) is 27.2 Å². The van der Waals surface area contributed by atoms with Gasteiger partial charge in [0.25, 0.3) is 0 Å². The minimum atomic E-state index is 0.362. The third-order valence-electron chi connectivity index (χ3n) is 2.89. The summed E-state index contributed by atoms with van der Waals surface area (Å²) < 4.78 is 7.63. The molecular formula is C11H13N3O. The number of hydrogen-bond donors (Lipinski definition) is 0. The van der Waals surface area contributed by atoms with Crippen molar-refractivity contribution in [3.8, 4) is 0 Å². The van der Waals surface area contributed by atoms with Gasteiger partial charge in [0.15, 0.2) is 5.65 Å². The molecule has 2 aromatic rings. The third-order valence-corrected chi connectivity index (χ3v) is 2.89. The minimum absolute atomic E-state index is 0.362. The summed E-state index contributed by atoms with van der Waals surface area (Å²) in [7, 11) is 0. The number of ether oxygens (including phenoxy) is 1. The average Bonchev–Trinajstić information content (AvgIpc) is 2.48. The fourth-order valence-electron chi connectivity index (χ4n) is 1.94. The molecule has 1 unspecified atom stereocenters. The number of aromatic nitrogens is 3. The standard InChI is InChI=1S/C11H13N3O/c1-8-13-11-10(3-2-5-12-11)14(8)7-9-4-6-15-9/h2-3,5,9H,4,6-7H2,1H3. The number of imidazole rings is 1. The Hall–Kier alpha value is -1.42. The number of aryl methyl sites for hydroxylation is 1. The highest BCUT2D eigenvalue weighted by molar-refractivity contribution is 5.71. The van der Waals surface area contributed by atoms with Gasteiger partial charge >= 0.3 is 0 Å². The summed E-state index contributed by atoms with van der Waals surface area (Å²) in [6, 6.07) is 4.00. The zero-order valence-electron chi connectivity index (χ0n) is 8.68. The van der Waals surface area contributed by atoms with Crippen molar-refractivity contribution in [3.63, 3.8) is 0 Å². The van der Waals surface area contributed by atoms with Gasteiger partial charge < -0.3 is 9.30 Å². The van der Waals surface area contributed by atoms with Crippen LogP contribution in [-0.2, 0) is 11.3 Å². The van der Waals surface area contributed by atoms with Crippen LogP contribution in [0, 0.1) is 6.92 Å². The molecular weight excluding hydrogens is 190 g/mol. The topological polar surface area (TPSA) is 39.9 Å². The Balaban J connectivity index is 2.03. The quantitative estimate of drug-likeness (QED) is 0.743. The molecule has 0 spiro atoms. The molecule has 4 nitrogen and oxygen atoms in total. The largest absolute Gasteiger partial charge is 0.376 e. The van der Waals surface area contributed by atoms with Crippen LogP contribution in [0.15, 0.2) is 18.3 Å². The van der Waals surface area contributed by atoms with Crippen LogP contribution in [0.2, 0.25) is 0 Å². The SMILES string of the molecule is Cc1nc2ncccc2n1CC1CCO1. The van der Waals surface area contributed by atoms with E-state index in [1.165, 1.54) is 0 Å². The molecule has 1 saturated heterocycles. The van der Waals surface area contributed by atoms with E-state index in [0.29, 0.717) is 6.10 Å². The van der Waals surface area contributed by atoms with E-state index in [1.807, 2.05) is 13.0 Å². The normalized spacial score (nSPS) is 20.5. The molecule has 1 atom stereocenters. The fraction of sp³-hybridized carbons (Fsp3) is 0.455. The van der Waals surface area contributed by atoms with Gasteiger partial charge in [0.1, 0.15) is 5.82 Å². The maximum absolute atomic E-state index is 5.44. The van der Waals surface area contributed by atoms with E-state index in [4.69, 9.17) is 4.74 Å². The third kappa shape index (κ3) is 1.41. The monoisotopic (exact) mass is 203 g/mol. The van der Waals surface area contributed by atoms with Crippen molar-refractivity contribution in [2.45, 2.75) is 26.0 Å². The van der Waals surface area contributed by atoms with Crippen molar-refractivity contribution < 1.29 is 4.74 Å². The molecule has 1 aliphatic rings. The van der Waals surface area contributed by atoms with Gasteiger partial charge in [-0.1, -0.05) is 0 Å². The molecule has 0 amide bonds. The second-order valence-corrected chi connectivity index (χ2v) is 3.90. The maximum atomic E-state index is 5.44. The zero-order valence-corrected chi connectivity index (χ0v) is 8.68. The van der Waals surface area contributed by atoms with Crippen molar-refractivity contribution >= 4 is 11.2 Å². The lowest BCUT2D eigenvalue weighted by molar-refractivity contribution is -0.0589. The van der Waals surface area contributed by atoms with Gasteiger partial charge in [0.05, 0.1) is 18.2 Å². The number of nitrogens with zero attached hydrogens (tertiary/aromatic N) is 3. The first-order valence-corrected chi connectivity index (χ1v) is 5.24. The Kier molecular flexibility index (Phi) is 1.95. The van der Waals surface area contributed by atoms with Crippen molar-refractivity contribution in [1.82, 2.24) is 14.5 Å². The van der Waals surface area contributed by atoms with Gasteiger partial charge in [-0.2, -0.15) is 0 Å². The number of pyridine rings is 1. The molecule has 0 aromatic carbocycles. The van der Waals surface area contributed by atoms with Gasteiger partial charge in [0, 0.05) is 12.8 Å². The molecule has 15 heavy (non-hydrogen) atoms. The molecule has 0 N–H and O–H groups in total. The number of rotatable bonds is 2. The first-order chi connectivity index (χ1) is 7.34. The lowest BCUT2D eigenvalue weighted by Gasteiger charge is -2.27. The number of hydrogen-bond acceptors (Lipinski definition) is 3. The molecule has 0 bridgehead atoms. The molecule has 3 heterocycles. The first kappa shape index (κ1) is 8.85. The first-order valence-electron chi connectivity index (χ1n) is 5.24. The molecule has 1 aliphatic heterocycles. The van der Waals surface area contributed by atoms with Gasteiger partial charge in [-0.15, -0.1) is 0 Å². The van der Waals surface area contributed by atoms with Crippen molar-refractivity contribution in [1.29, 1.82) is 0 Å². The predicted molar refractivity (Wildman–Crippen MR) is 56.6 cm³/mol. The summed E-state index contributed by atoms with van der Waals surface area (Å²) in [5.41, 5.74) is 1.93. The van der Waals surface area contributed by atoms with Crippen LogP contribution in [0.25, 0.3) is 11.2 Å². The van der Waals surface area contributed by atoms with E-state index in [2.05, 4.69) is 20.6 Å². The second-order valence-electron chi connectivity index (χ2n) is 3.90. The Morgan fingerprint density at radius 3 is 3.20 bits per heavy atom. The molecule has 4 heteroatoms. The van der Waals surface area contributed by atoms with E-state index in [1.54, 1.807) is 6.20 Å². The highest BCUT2D eigenvalue weighted by Crippen LogP contribution is 2.18. The lowest BCUT2D eigenvalue weighted by atomic mass is 10.2. The second kappa shape index (κ2) is 3.31. The molecule has 0 radical (unpaired) electrons. The summed E-state index contributed by atoms with van der Waals surface area (Å²) in [6.07, 6.45) is 3.29. The van der Waals surface area contributed by atoms with E-state index >= 15 is 0 Å². The van der Waals surface area contributed by atoms with Crippen LogP contribution in [0.3, 0.4) is 0 Å². The predicted octanol–water partition coefficient (Wildman–Crippen LogP) is 1.53. The molecule has 3 rings (SSSR count). The minimum Gasteiger partial charge on any atom is -0.376 e. The van der Waals surface area contributed by atoms with Crippen LogP contribution < -0.4 is 0 Å². The Morgan fingerprint density at radius 1 is 1.60 bits per heavy atom. The summed E-state index contributed by atoms with van der Waals surface area (Å²) in [6.45, 7) is 3.81. The molecule has 1 fully saturated rings. The highest BCUT2D eigenvalue weighted by Gasteiger charge is 2.20. The van der Waals surface area contributed by atoms with Crippen molar-refractivity contribution in [2.24, 2.45) is 0 Å². The summed E-state index contributed by atoms with van der Waals surface area (Å²) in [5.74, 6) is 1.01. The van der Waals surface area contributed by atoms with E-state index < -0.39 is 0 Å². The van der Waals surface area contributed by atoms with Crippen LogP contribution in [0.1, 0.15) is 12.2 Å². The van der Waals surface area contributed by atoms with E-state index in [-0.39, 0.29) is 0 Å². The maximum Gasteiger partial charge on any atom is 0.177 e. The van der Waals surface area contributed by atoms with Gasteiger partial charge in [-0.05, 0) is 25.5 Å². The number of fused-ring (bicyclic) bond motifs is 1. The van der Waals surface area contributed by atoms with Gasteiger partial charge in [0.2, 0.25) is 0 Å². The van der Waals surface area contributed by atoms with Gasteiger partial charge in [-0.3, -0.25) is 0 Å². The van der Waals surface area contributed by atoms with Crippen molar-refractivity contribution in [3.05, 3.63) is 24.2 Å². The zero-order chi connectivity index (χ0) is 10.3. The fourth-order valence-corrected chi connectivity index (χ4v) is 1.94. The van der Waals surface area contributed by atoms with Crippen LogP contribution >= 0.6 is 0 Å². The summed E-state index contributed by atoms with van der Waals surface area (Å²) in [5, 5.41) is 0. The lowest BCUT2D eigenvalue weighted by Crippen LogP contribution is -2.31. The van der Waals surface area contributed by atoms with Crippen LogP contribution in [0.4, 0.5) is 0 Å².